The number of urea groups is 1. The topological polar surface area (TPSA) is 97.0 Å². The minimum absolute atomic E-state index is 0.378. The summed E-state index contributed by atoms with van der Waals surface area (Å²) in [6.45, 7) is -0.378. The van der Waals surface area contributed by atoms with Crippen LogP contribution in [0.5, 0.6) is 11.5 Å². The lowest BCUT2D eigenvalue weighted by molar-refractivity contribution is -0.135. The summed E-state index contributed by atoms with van der Waals surface area (Å²) >= 11 is 0. The number of imide groups is 1. The maximum Gasteiger partial charge on any atom is 0.325 e. The molecule has 8 nitrogen and oxygen atoms in total. The van der Waals surface area contributed by atoms with Crippen molar-refractivity contribution >= 4 is 17.8 Å². The van der Waals surface area contributed by atoms with Gasteiger partial charge in [-0.2, -0.15) is 0 Å². The molecule has 1 atom stereocenters. The number of benzene rings is 3. The summed E-state index contributed by atoms with van der Waals surface area (Å²) in [6, 6.07) is 21.4. The van der Waals surface area contributed by atoms with Gasteiger partial charge in [-0.15, -0.1) is 0 Å². The van der Waals surface area contributed by atoms with Crippen LogP contribution in [0.1, 0.15) is 41.1 Å². The average Bonchev–Trinajstić information content (AvgIpc) is 3.16. The predicted octanol–water partition coefficient (Wildman–Crippen LogP) is 3.69. The number of carbonyl (C=O) groups excluding carboxylic acids is 3. The summed E-state index contributed by atoms with van der Waals surface area (Å²) in [4.78, 5) is 40.8. The molecule has 1 fully saturated rings. The molecule has 0 aromatic heterocycles. The number of hydrogen-bond acceptors (Lipinski definition) is 5. The molecular formula is C29H29N3O5. The second kappa shape index (κ2) is 9.97. The van der Waals surface area contributed by atoms with Gasteiger partial charge < -0.3 is 20.1 Å². The van der Waals surface area contributed by atoms with E-state index in [-0.39, 0.29) is 12.5 Å². The number of nitrogens with one attached hydrogen (secondary N) is 2. The number of hydrogen-bond donors (Lipinski definition) is 2. The van der Waals surface area contributed by atoms with Crippen LogP contribution >= 0.6 is 0 Å². The summed E-state index contributed by atoms with van der Waals surface area (Å²) in [5.74, 6) is 0.563. The highest BCUT2D eigenvalue weighted by Crippen LogP contribution is 2.39. The van der Waals surface area contributed by atoms with Gasteiger partial charge in [0.15, 0.2) is 0 Å². The van der Waals surface area contributed by atoms with Gasteiger partial charge in [-0.25, -0.2) is 4.79 Å². The first kappa shape index (κ1) is 24.4. The van der Waals surface area contributed by atoms with E-state index < -0.39 is 23.5 Å². The van der Waals surface area contributed by atoms with E-state index in [9.17, 15) is 14.4 Å². The zero-order chi connectivity index (χ0) is 26.0. The minimum atomic E-state index is -1.11. The molecule has 3 aromatic rings. The van der Waals surface area contributed by atoms with Crippen molar-refractivity contribution in [2.45, 2.75) is 30.8 Å². The number of amides is 4. The Kier molecular flexibility index (Phi) is 6.56. The molecule has 0 saturated carbocycles. The monoisotopic (exact) mass is 499 g/mol. The molecule has 190 valence electrons. The van der Waals surface area contributed by atoms with Crippen molar-refractivity contribution < 1.29 is 23.9 Å². The summed E-state index contributed by atoms with van der Waals surface area (Å²) < 4.78 is 10.5. The SMILES string of the molecule is COc1ccc(C(NC(=O)CN2C(=O)N[C@]3(CCCc4ccccc43)C2=O)c2ccc(OC)cc2)cc1. The van der Waals surface area contributed by atoms with Crippen LogP contribution < -0.4 is 20.1 Å². The van der Waals surface area contributed by atoms with Crippen LogP contribution in [0.25, 0.3) is 0 Å². The van der Waals surface area contributed by atoms with Gasteiger partial charge in [0.05, 0.1) is 20.3 Å². The molecule has 4 amide bonds. The van der Waals surface area contributed by atoms with Gasteiger partial charge in [0.1, 0.15) is 23.6 Å². The van der Waals surface area contributed by atoms with Crippen molar-refractivity contribution in [3.63, 3.8) is 0 Å². The lowest BCUT2D eigenvalue weighted by Gasteiger charge is -2.33. The molecule has 1 saturated heterocycles. The molecule has 1 aliphatic heterocycles. The van der Waals surface area contributed by atoms with E-state index in [0.29, 0.717) is 17.9 Å². The first-order valence-corrected chi connectivity index (χ1v) is 12.2. The maximum absolute atomic E-state index is 13.6. The number of aryl methyl sites for hydroxylation is 1. The van der Waals surface area contributed by atoms with Crippen LogP contribution in [0.3, 0.4) is 0 Å². The standard InChI is InChI=1S/C29H29N3O5/c1-36-22-13-9-20(10-14-22)26(21-11-15-23(37-2)16-12-21)30-25(33)18-32-27(34)29(31-28(32)35)17-5-7-19-6-3-4-8-24(19)29/h3-4,6,8-16,26H,5,7,17-18H2,1-2H3,(H,30,33)(H,31,35)/t29-/m0/s1. The van der Waals surface area contributed by atoms with E-state index in [1.807, 2.05) is 72.8 Å². The molecule has 3 aromatic carbocycles. The molecule has 1 aliphatic carbocycles. The van der Waals surface area contributed by atoms with Crippen molar-refractivity contribution in [3.8, 4) is 11.5 Å². The zero-order valence-electron chi connectivity index (χ0n) is 20.8. The molecule has 1 heterocycles. The van der Waals surface area contributed by atoms with Crippen LogP contribution in [-0.4, -0.2) is 43.5 Å². The van der Waals surface area contributed by atoms with E-state index >= 15 is 0 Å². The highest BCUT2D eigenvalue weighted by Gasteiger charge is 2.54. The number of carbonyl (C=O) groups is 3. The van der Waals surface area contributed by atoms with Crippen molar-refractivity contribution in [2.24, 2.45) is 0 Å². The molecule has 2 aliphatic rings. The fourth-order valence-corrected chi connectivity index (χ4v) is 5.26. The van der Waals surface area contributed by atoms with Crippen LogP contribution in [0.15, 0.2) is 72.8 Å². The molecular weight excluding hydrogens is 470 g/mol. The average molecular weight is 500 g/mol. The van der Waals surface area contributed by atoms with E-state index in [0.717, 1.165) is 40.0 Å². The van der Waals surface area contributed by atoms with Crippen LogP contribution in [0, 0.1) is 0 Å². The smallest absolute Gasteiger partial charge is 0.325 e. The third-order valence-corrected chi connectivity index (χ3v) is 7.16. The Morgan fingerprint density at radius 3 is 2.14 bits per heavy atom. The third kappa shape index (κ3) is 4.50. The van der Waals surface area contributed by atoms with Gasteiger partial charge in [0.2, 0.25) is 5.91 Å². The van der Waals surface area contributed by atoms with E-state index in [4.69, 9.17) is 9.47 Å². The molecule has 37 heavy (non-hydrogen) atoms. The first-order chi connectivity index (χ1) is 17.9. The van der Waals surface area contributed by atoms with Crippen LogP contribution in [0.4, 0.5) is 4.79 Å². The number of fused-ring (bicyclic) bond motifs is 2. The number of nitrogens with zero attached hydrogens (tertiary/aromatic N) is 1. The molecule has 0 radical (unpaired) electrons. The lowest BCUT2D eigenvalue weighted by atomic mass is 9.76. The molecule has 1 spiro atoms. The second-order valence-corrected chi connectivity index (χ2v) is 9.28. The summed E-state index contributed by atoms with van der Waals surface area (Å²) in [5.41, 5.74) is 2.41. The van der Waals surface area contributed by atoms with Crippen molar-refractivity contribution in [2.75, 3.05) is 20.8 Å². The quantitative estimate of drug-likeness (QED) is 0.484. The Labute approximate surface area is 215 Å². The van der Waals surface area contributed by atoms with E-state index in [1.54, 1.807) is 14.2 Å². The fourth-order valence-electron chi connectivity index (χ4n) is 5.26. The highest BCUT2D eigenvalue weighted by molar-refractivity contribution is 6.09. The Morgan fingerprint density at radius 1 is 0.946 bits per heavy atom. The molecule has 2 N–H and O–H groups in total. The van der Waals surface area contributed by atoms with Gasteiger partial charge in [-0.1, -0.05) is 48.5 Å². The molecule has 5 rings (SSSR count). The van der Waals surface area contributed by atoms with Crippen LogP contribution in [-0.2, 0) is 21.5 Å². The number of methoxy groups -OCH3 is 2. The summed E-state index contributed by atoms with van der Waals surface area (Å²) in [7, 11) is 3.18. The number of rotatable bonds is 7. The zero-order valence-corrected chi connectivity index (χ0v) is 20.8. The molecule has 0 bridgehead atoms. The van der Waals surface area contributed by atoms with Crippen molar-refractivity contribution in [1.82, 2.24) is 15.5 Å². The van der Waals surface area contributed by atoms with Gasteiger partial charge >= 0.3 is 6.03 Å². The normalized spacial score (nSPS) is 18.5. The minimum Gasteiger partial charge on any atom is -0.497 e. The summed E-state index contributed by atoms with van der Waals surface area (Å²) in [5, 5.41) is 5.91. The second-order valence-electron chi connectivity index (χ2n) is 9.28. The first-order valence-electron chi connectivity index (χ1n) is 12.2. The Balaban J connectivity index is 1.38. The Hall–Kier alpha value is -4.33. The van der Waals surface area contributed by atoms with Crippen molar-refractivity contribution in [3.05, 3.63) is 95.1 Å². The number of ether oxygens (including phenoxy) is 2. The van der Waals surface area contributed by atoms with Gasteiger partial charge in [0, 0.05) is 0 Å². The molecule has 8 heteroatoms. The van der Waals surface area contributed by atoms with E-state index in [1.165, 1.54) is 0 Å². The molecule has 0 unspecified atom stereocenters. The highest BCUT2D eigenvalue weighted by atomic mass is 16.5. The fraction of sp³-hybridized carbons (Fsp3) is 0.276. The Bertz CT molecular complexity index is 1270. The maximum atomic E-state index is 13.6. The third-order valence-electron chi connectivity index (χ3n) is 7.16. The van der Waals surface area contributed by atoms with Crippen LogP contribution in [0.2, 0.25) is 0 Å². The largest absolute Gasteiger partial charge is 0.497 e. The van der Waals surface area contributed by atoms with Gasteiger partial charge in [-0.3, -0.25) is 14.5 Å². The van der Waals surface area contributed by atoms with E-state index in [2.05, 4.69) is 10.6 Å². The Morgan fingerprint density at radius 2 is 1.54 bits per heavy atom. The van der Waals surface area contributed by atoms with Crippen molar-refractivity contribution in [1.29, 1.82) is 0 Å². The lowest BCUT2D eigenvalue weighted by Crippen LogP contribution is -2.47. The van der Waals surface area contributed by atoms with Gasteiger partial charge in [-0.05, 0) is 65.8 Å². The van der Waals surface area contributed by atoms with Gasteiger partial charge in [0.25, 0.3) is 5.91 Å². The predicted molar refractivity (Wildman–Crippen MR) is 137 cm³/mol. The summed E-state index contributed by atoms with van der Waals surface area (Å²) in [6.07, 6.45) is 2.14.